The van der Waals surface area contributed by atoms with Crippen molar-refractivity contribution in [2.45, 2.75) is 33.3 Å². The molecule has 0 aliphatic carbocycles. The molecule has 1 fully saturated rings. The van der Waals surface area contributed by atoms with Gasteiger partial charge in [0.2, 0.25) is 0 Å². The van der Waals surface area contributed by atoms with Crippen LogP contribution in [-0.2, 0) is 9.53 Å². The minimum atomic E-state index is 0.202. The van der Waals surface area contributed by atoms with Crippen LogP contribution in [0.5, 0.6) is 0 Å². The Hall–Kier alpha value is -0.410. The van der Waals surface area contributed by atoms with Gasteiger partial charge in [0.15, 0.2) is 0 Å². The summed E-state index contributed by atoms with van der Waals surface area (Å²) in [6, 6.07) is 0. The van der Waals surface area contributed by atoms with E-state index in [-0.39, 0.29) is 12.0 Å². The average Bonchev–Trinajstić information content (AvgIpc) is 2.16. The number of hydrogen-bond acceptors (Lipinski definition) is 3. The largest absolute Gasteiger partial charge is 0.376 e. The Balaban J connectivity index is 2.32. The fourth-order valence-electron chi connectivity index (χ4n) is 1.64. The monoisotopic (exact) mass is 199 g/mol. The van der Waals surface area contributed by atoms with E-state index < -0.39 is 0 Å². The van der Waals surface area contributed by atoms with E-state index in [0.717, 1.165) is 26.1 Å². The van der Waals surface area contributed by atoms with Gasteiger partial charge >= 0.3 is 0 Å². The van der Waals surface area contributed by atoms with Crippen LogP contribution in [0.2, 0.25) is 0 Å². The third-order valence-electron chi connectivity index (χ3n) is 2.87. The summed E-state index contributed by atoms with van der Waals surface area (Å²) in [5, 5.41) is 0. The first-order valence-electron chi connectivity index (χ1n) is 5.50. The van der Waals surface area contributed by atoms with E-state index in [1.54, 1.807) is 0 Å². The summed E-state index contributed by atoms with van der Waals surface area (Å²) in [5.41, 5.74) is 0. The average molecular weight is 199 g/mol. The molecular weight excluding hydrogens is 178 g/mol. The van der Waals surface area contributed by atoms with Gasteiger partial charge in [0.25, 0.3) is 0 Å². The standard InChI is InChI=1S/C11H21NO2/c1-4-9(2)11(13)8-12-5-6-14-10(3)7-12/h9-10H,4-8H2,1-3H3. The molecule has 2 atom stereocenters. The molecule has 0 bridgehead atoms. The van der Waals surface area contributed by atoms with Gasteiger partial charge in [0.1, 0.15) is 5.78 Å². The molecule has 0 aromatic heterocycles. The SMILES string of the molecule is CCC(C)C(=O)CN1CCOC(C)C1. The smallest absolute Gasteiger partial charge is 0.149 e. The van der Waals surface area contributed by atoms with Gasteiger partial charge in [-0.05, 0) is 13.3 Å². The first kappa shape index (κ1) is 11.7. The molecule has 0 amide bonds. The summed E-state index contributed by atoms with van der Waals surface area (Å²) in [4.78, 5) is 13.9. The summed E-state index contributed by atoms with van der Waals surface area (Å²) in [6.45, 7) is 9.27. The highest BCUT2D eigenvalue weighted by atomic mass is 16.5. The van der Waals surface area contributed by atoms with Crippen molar-refractivity contribution in [2.24, 2.45) is 5.92 Å². The molecule has 82 valence electrons. The highest BCUT2D eigenvalue weighted by Gasteiger charge is 2.20. The number of nitrogens with zero attached hydrogens (tertiary/aromatic N) is 1. The normalized spacial score (nSPS) is 26.1. The van der Waals surface area contributed by atoms with Gasteiger partial charge in [-0.15, -0.1) is 0 Å². The van der Waals surface area contributed by atoms with Gasteiger partial charge in [-0.1, -0.05) is 13.8 Å². The molecule has 1 heterocycles. The van der Waals surface area contributed by atoms with Crippen molar-refractivity contribution in [2.75, 3.05) is 26.2 Å². The lowest BCUT2D eigenvalue weighted by molar-refractivity contribution is -0.125. The Morgan fingerprint density at radius 3 is 2.93 bits per heavy atom. The molecule has 1 aliphatic heterocycles. The maximum absolute atomic E-state index is 11.7. The second-order valence-electron chi connectivity index (χ2n) is 4.19. The van der Waals surface area contributed by atoms with Crippen molar-refractivity contribution in [3.05, 3.63) is 0 Å². The van der Waals surface area contributed by atoms with Gasteiger partial charge in [0.05, 0.1) is 19.3 Å². The van der Waals surface area contributed by atoms with Crippen LogP contribution in [-0.4, -0.2) is 43.0 Å². The fourth-order valence-corrected chi connectivity index (χ4v) is 1.64. The van der Waals surface area contributed by atoms with E-state index in [1.165, 1.54) is 0 Å². The predicted molar refractivity (Wildman–Crippen MR) is 56.3 cm³/mol. The quantitative estimate of drug-likeness (QED) is 0.684. The minimum absolute atomic E-state index is 0.202. The van der Waals surface area contributed by atoms with Crippen molar-refractivity contribution in [1.82, 2.24) is 4.90 Å². The molecule has 3 heteroatoms. The molecule has 3 nitrogen and oxygen atoms in total. The maximum atomic E-state index is 11.7. The number of morpholine rings is 1. The van der Waals surface area contributed by atoms with Crippen LogP contribution < -0.4 is 0 Å². The van der Waals surface area contributed by atoms with Crippen LogP contribution in [0.15, 0.2) is 0 Å². The number of ketones is 1. The van der Waals surface area contributed by atoms with Gasteiger partial charge in [-0.25, -0.2) is 0 Å². The summed E-state index contributed by atoms with van der Waals surface area (Å²) in [6.07, 6.45) is 1.21. The van der Waals surface area contributed by atoms with Gasteiger partial charge in [0, 0.05) is 19.0 Å². The van der Waals surface area contributed by atoms with Crippen LogP contribution in [0.3, 0.4) is 0 Å². The highest BCUT2D eigenvalue weighted by Crippen LogP contribution is 2.08. The Bertz CT molecular complexity index is 194. The van der Waals surface area contributed by atoms with E-state index in [1.807, 2.05) is 6.92 Å². The molecule has 1 rings (SSSR count). The zero-order valence-corrected chi connectivity index (χ0v) is 9.45. The van der Waals surface area contributed by atoms with Crippen LogP contribution >= 0.6 is 0 Å². The molecule has 0 radical (unpaired) electrons. The van der Waals surface area contributed by atoms with E-state index in [4.69, 9.17) is 4.74 Å². The zero-order valence-electron chi connectivity index (χ0n) is 9.45. The summed E-state index contributed by atoms with van der Waals surface area (Å²) < 4.78 is 5.42. The number of carbonyl (C=O) groups excluding carboxylic acids is 1. The molecule has 2 unspecified atom stereocenters. The summed E-state index contributed by atoms with van der Waals surface area (Å²) >= 11 is 0. The molecule has 0 N–H and O–H groups in total. The number of carbonyl (C=O) groups is 1. The van der Waals surface area contributed by atoms with Crippen molar-refractivity contribution < 1.29 is 9.53 Å². The predicted octanol–water partition coefficient (Wildman–Crippen LogP) is 1.32. The van der Waals surface area contributed by atoms with Crippen LogP contribution in [0.25, 0.3) is 0 Å². The second-order valence-corrected chi connectivity index (χ2v) is 4.19. The third kappa shape index (κ3) is 3.39. The van der Waals surface area contributed by atoms with Crippen LogP contribution in [0.4, 0.5) is 0 Å². The van der Waals surface area contributed by atoms with E-state index >= 15 is 0 Å². The van der Waals surface area contributed by atoms with E-state index in [9.17, 15) is 4.79 Å². The van der Waals surface area contributed by atoms with Crippen molar-refractivity contribution in [1.29, 1.82) is 0 Å². The van der Waals surface area contributed by atoms with Crippen LogP contribution in [0.1, 0.15) is 27.2 Å². The lowest BCUT2D eigenvalue weighted by Gasteiger charge is -2.31. The fraction of sp³-hybridized carbons (Fsp3) is 0.909. The molecule has 0 aromatic rings. The first-order chi connectivity index (χ1) is 6.63. The summed E-state index contributed by atoms with van der Waals surface area (Å²) in [7, 11) is 0. The third-order valence-corrected chi connectivity index (χ3v) is 2.87. The molecule has 0 aromatic carbocycles. The van der Waals surface area contributed by atoms with E-state index in [2.05, 4.69) is 18.7 Å². The Labute approximate surface area is 86.4 Å². The molecule has 14 heavy (non-hydrogen) atoms. The van der Waals surface area contributed by atoms with Gasteiger partial charge < -0.3 is 4.74 Å². The molecule has 0 spiro atoms. The number of hydrogen-bond donors (Lipinski definition) is 0. The Morgan fingerprint density at radius 2 is 2.36 bits per heavy atom. The minimum Gasteiger partial charge on any atom is -0.376 e. The van der Waals surface area contributed by atoms with Crippen molar-refractivity contribution >= 4 is 5.78 Å². The van der Waals surface area contributed by atoms with Gasteiger partial charge in [-0.2, -0.15) is 0 Å². The zero-order chi connectivity index (χ0) is 10.6. The highest BCUT2D eigenvalue weighted by molar-refractivity contribution is 5.82. The maximum Gasteiger partial charge on any atom is 0.149 e. The lowest BCUT2D eigenvalue weighted by Crippen LogP contribution is -2.44. The topological polar surface area (TPSA) is 29.5 Å². The Morgan fingerprint density at radius 1 is 1.64 bits per heavy atom. The molecular formula is C11H21NO2. The lowest BCUT2D eigenvalue weighted by atomic mass is 10.0. The summed E-state index contributed by atoms with van der Waals surface area (Å²) in [5.74, 6) is 0.565. The van der Waals surface area contributed by atoms with Gasteiger partial charge in [-0.3, -0.25) is 9.69 Å². The number of ether oxygens (including phenoxy) is 1. The van der Waals surface area contributed by atoms with E-state index in [0.29, 0.717) is 12.3 Å². The van der Waals surface area contributed by atoms with Crippen LogP contribution in [0, 0.1) is 5.92 Å². The molecule has 0 saturated carbocycles. The number of rotatable bonds is 4. The second kappa shape index (κ2) is 5.47. The molecule has 1 saturated heterocycles. The molecule has 1 aliphatic rings. The first-order valence-corrected chi connectivity index (χ1v) is 5.50. The van der Waals surface area contributed by atoms with Crippen molar-refractivity contribution in [3.8, 4) is 0 Å². The van der Waals surface area contributed by atoms with Crippen molar-refractivity contribution in [3.63, 3.8) is 0 Å². The Kier molecular flexibility index (Phi) is 4.55. The number of Topliss-reactive ketones (excluding diaryl/α,β-unsaturated/α-hetero) is 1.